The molecule has 1 saturated heterocycles. The maximum absolute atomic E-state index is 11.4. The molecule has 2 atom stereocenters. The lowest BCUT2D eigenvalue weighted by Gasteiger charge is -2.20. The van der Waals surface area contributed by atoms with Gasteiger partial charge in [-0.15, -0.1) is 0 Å². The van der Waals surface area contributed by atoms with Gasteiger partial charge in [0.05, 0.1) is 12.2 Å². The number of piperidine rings is 1. The zero-order valence-corrected chi connectivity index (χ0v) is 14.9. The Balaban J connectivity index is 1.54. The summed E-state index contributed by atoms with van der Waals surface area (Å²) in [5, 5.41) is 13.8. The standard InChI is InChI=1S/C19H24N4O2/c1-11(2)18-16(19(24)25)10-23(21-18)9-13-4-5-17(20-12(13)3)22-7-14-6-15(14)8-22/h4-5,10-11,14-15H,6-9H2,1-3H3,(H,24,25). The van der Waals surface area contributed by atoms with Crippen LogP contribution in [0.15, 0.2) is 18.3 Å². The van der Waals surface area contributed by atoms with Crippen molar-refractivity contribution in [2.24, 2.45) is 11.8 Å². The molecule has 0 aromatic carbocycles. The van der Waals surface area contributed by atoms with Crippen LogP contribution in [-0.4, -0.2) is 38.9 Å². The fourth-order valence-corrected chi connectivity index (χ4v) is 3.79. The molecule has 0 radical (unpaired) electrons. The van der Waals surface area contributed by atoms with Gasteiger partial charge in [-0.1, -0.05) is 19.9 Å². The first-order valence-corrected chi connectivity index (χ1v) is 8.94. The predicted octanol–water partition coefficient (Wildman–Crippen LogP) is 2.91. The quantitative estimate of drug-likeness (QED) is 0.906. The molecule has 132 valence electrons. The summed E-state index contributed by atoms with van der Waals surface area (Å²) in [6.45, 7) is 8.74. The second-order valence-corrected chi connectivity index (χ2v) is 7.66. The van der Waals surface area contributed by atoms with Crippen molar-refractivity contribution in [3.05, 3.63) is 40.8 Å². The second kappa shape index (κ2) is 5.86. The smallest absolute Gasteiger partial charge is 0.339 e. The van der Waals surface area contributed by atoms with Crippen molar-refractivity contribution in [2.75, 3.05) is 18.0 Å². The van der Waals surface area contributed by atoms with Gasteiger partial charge < -0.3 is 10.0 Å². The highest BCUT2D eigenvalue weighted by Gasteiger charge is 2.45. The number of carbonyl (C=O) groups is 1. The number of carboxylic acids is 1. The van der Waals surface area contributed by atoms with E-state index in [9.17, 15) is 9.90 Å². The minimum absolute atomic E-state index is 0.0792. The molecule has 2 aromatic rings. The van der Waals surface area contributed by atoms with Crippen LogP contribution >= 0.6 is 0 Å². The van der Waals surface area contributed by atoms with Gasteiger partial charge in [-0.3, -0.25) is 4.68 Å². The summed E-state index contributed by atoms with van der Waals surface area (Å²) in [4.78, 5) is 18.6. The number of aromatic nitrogens is 3. The summed E-state index contributed by atoms with van der Waals surface area (Å²) >= 11 is 0. The zero-order valence-electron chi connectivity index (χ0n) is 14.9. The number of rotatable bonds is 5. The fourth-order valence-electron chi connectivity index (χ4n) is 3.79. The van der Waals surface area contributed by atoms with E-state index in [4.69, 9.17) is 4.98 Å². The molecule has 1 aliphatic heterocycles. The Morgan fingerprint density at radius 3 is 2.60 bits per heavy atom. The second-order valence-electron chi connectivity index (χ2n) is 7.66. The Morgan fingerprint density at radius 1 is 1.32 bits per heavy atom. The van der Waals surface area contributed by atoms with Crippen LogP contribution in [0.3, 0.4) is 0 Å². The van der Waals surface area contributed by atoms with Crippen LogP contribution in [0.2, 0.25) is 0 Å². The van der Waals surface area contributed by atoms with Crippen LogP contribution in [0.1, 0.15) is 53.5 Å². The summed E-state index contributed by atoms with van der Waals surface area (Å²) in [6.07, 6.45) is 3.01. The van der Waals surface area contributed by atoms with Crippen molar-refractivity contribution in [1.29, 1.82) is 0 Å². The summed E-state index contributed by atoms with van der Waals surface area (Å²) in [5.74, 6) is 1.98. The number of nitrogens with zero attached hydrogens (tertiary/aromatic N) is 4. The number of hydrogen-bond acceptors (Lipinski definition) is 4. The number of hydrogen-bond donors (Lipinski definition) is 1. The van der Waals surface area contributed by atoms with Crippen LogP contribution in [0.25, 0.3) is 0 Å². The van der Waals surface area contributed by atoms with Crippen molar-refractivity contribution in [1.82, 2.24) is 14.8 Å². The molecular formula is C19H24N4O2. The van der Waals surface area contributed by atoms with Gasteiger partial charge in [-0.25, -0.2) is 9.78 Å². The molecule has 25 heavy (non-hydrogen) atoms. The molecule has 2 unspecified atom stereocenters. The Bertz CT molecular complexity index is 817. The fraction of sp³-hybridized carbons (Fsp3) is 0.526. The third kappa shape index (κ3) is 3.01. The number of fused-ring (bicyclic) bond motifs is 1. The van der Waals surface area contributed by atoms with Crippen molar-refractivity contribution >= 4 is 11.8 Å². The van der Waals surface area contributed by atoms with Crippen molar-refractivity contribution in [2.45, 2.75) is 39.7 Å². The van der Waals surface area contributed by atoms with Crippen molar-refractivity contribution in [3.63, 3.8) is 0 Å². The summed E-state index contributed by atoms with van der Waals surface area (Å²) in [5.41, 5.74) is 2.97. The highest BCUT2D eigenvalue weighted by atomic mass is 16.4. The normalized spacial score (nSPS) is 21.7. The molecule has 1 aliphatic carbocycles. The highest BCUT2D eigenvalue weighted by molar-refractivity contribution is 5.88. The molecule has 6 nitrogen and oxygen atoms in total. The number of aryl methyl sites for hydroxylation is 1. The zero-order chi connectivity index (χ0) is 17.7. The highest BCUT2D eigenvalue weighted by Crippen LogP contribution is 2.45. The van der Waals surface area contributed by atoms with E-state index in [1.807, 2.05) is 20.8 Å². The topological polar surface area (TPSA) is 71.2 Å². The van der Waals surface area contributed by atoms with E-state index in [0.29, 0.717) is 12.2 Å². The third-order valence-corrected chi connectivity index (χ3v) is 5.38. The van der Waals surface area contributed by atoms with Gasteiger partial charge >= 0.3 is 5.97 Å². The minimum atomic E-state index is -0.923. The van der Waals surface area contributed by atoms with Gasteiger partial charge in [0.25, 0.3) is 0 Å². The van der Waals surface area contributed by atoms with E-state index in [0.717, 1.165) is 42.0 Å². The molecule has 2 fully saturated rings. The van der Waals surface area contributed by atoms with Gasteiger partial charge in [0.2, 0.25) is 0 Å². The van der Waals surface area contributed by atoms with E-state index in [2.05, 4.69) is 22.1 Å². The number of carboxylic acid groups (broad SMARTS) is 1. The Kier molecular flexibility index (Phi) is 3.78. The molecule has 4 rings (SSSR count). The predicted molar refractivity (Wildman–Crippen MR) is 95.2 cm³/mol. The van der Waals surface area contributed by atoms with Crippen molar-refractivity contribution in [3.8, 4) is 0 Å². The summed E-state index contributed by atoms with van der Waals surface area (Å²) in [7, 11) is 0. The lowest BCUT2D eigenvalue weighted by molar-refractivity contribution is 0.0695. The van der Waals surface area contributed by atoms with E-state index >= 15 is 0 Å². The number of anilines is 1. The van der Waals surface area contributed by atoms with Crippen LogP contribution in [0.4, 0.5) is 5.82 Å². The Labute approximate surface area is 147 Å². The van der Waals surface area contributed by atoms with Crippen LogP contribution < -0.4 is 4.90 Å². The third-order valence-electron chi connectivity index (χ3n) is 5.38. The largest absolute Gasteiger partial charge is 0.478 e. The minimum Gasteiger partial charge on any atom is -0.478 e. The number of pyridine rings is 1. The average Bonchev–Trinajstić information content (AvgIpc) is 2.97. The molecule has 2 aliphatic rings. The number of aromatic carboxylic acids is 1. The van der Waals surface area contributed by atoms with E-state index in [1.54, 1.807) is 10.9 Å². The first-order chi connectivity index (χ1) is 11.9. The Hall–Kier alpha value is -2.37. The lowest BCUT2D eigenvalue weighted by Crippen LogP contribution is -2.23. The molecule has 0 amide bonds. The van der Waals surface area contributed by atoms with Crippen LogP contribution in [0, 0.1) is 18.8 Å². The van der Waals surface area contributed by atoms with Gasteiger partial charge in [0, 0.05) is 25.0 Å². The van der Waals surface area contributed by atoms with Gasteiger partial charge in [-0.2, -0.15) is 5.10 Å². The first kappa shape index (κ1) is 16.1. The van der Waals surface area contributed by atoms with Crippen LogP contribution in [-0.2, 0) is 6.54 Å². The monoisotopic (exact) mass is 340 g/mol. The molecule has 3 heterocycles. The van der Waals surface area contributed by atoms with E-state index in [-0.39, 0.29) is 11.5 Å². The van der Waals surface area contributed by atoms with Crippen LogP contribution in [0.5, 0.6) is 0 Å². The van der Waals surface area contributed by atoms with Gasteiger partial charge in [0.1, 0.15) is 11.4 Å². The maximum atomic E-state index is 11.4. The molecule has 0 spiro atoms. The maximum Gasteiger partial charge on any atom is 0.339 e. The van der Waals surface area contributed by atoms with Crippen molar-refractivity contribution < 1.29 is 9.90 Å². The van der Waals surface area contributed by atoms with E-state index in [1.165, 1.54) is 6.42 Å². The molecule has 1 saturated carbocycles. The van der Waals surface area contributed by atoms with Gasteiger partial charge in [-0.05, 0) is 42.7 Å². The average molecular weight is 340 g/mol. The SMILES string of the molecule is Cc1nc(N2CC3CC3C2)ccc1Cn1cc(C(=O)O)c(C(C)C)n1. The Morgan fingerprint density at radius 2 is 2.04 bits per heavy atom. The first-order valence-electron chi connectivity index (χ1n) is 8.94. The summed E-state index contributed by atoms with van der Waals surface area (Å²) in [6, 6.07) is 4.18. The van der Waals surface area contributed by atoms with E-state index < -0.39 is 5.97 Å². The molecule has 6 heteroatoms. The molecule has 0 bridgehead atoms. The lowest BCUT2D eigenvalue weighted by atomic mass is 10.1. The van der Waals surface area contributed by atoms with Gasteiger partial charge in [0.15, 0.2) is 0 Å². The molecular weight excluding hydrogens is 316 g/mol. The molecule has 1 N–H and O–H groups in total. The summed E-state index contributed by atoms with van der Waals surface area (Å²) < 4.78 is 1.72. The molecule has 2 aromatic heterocycles.